The van der Waals surface area contributed by atoms with Gasteiger partial charge in [-0.05, 0) is 64.8 Å². The number of anilines is 2. The van der Waals surface area contributed by atoms with Crippen LogP contribution >= 0.6 is 11.3 Å². The molecule has 1 aliphatic carbocycles. The summed E-state index contributed by atoms with van der Waals surface area (Å²) < 4.78 is 14.8. The number of thiazole rings is 1. The van der Waals surface area contributed by atoms with Crippen LogP contribution in [-0.4, -0.2) is 40.4 Å². The zero-order valence-corrected chi connectivity index (χ0v) is 25.8. The smallest absolute Gasteiger partial charge is 0.417 e. The Morgan fingerprint density at radius 1 is 0.977 bits per heavy atom. The minimum atomic E-state index is -0.833. The van der Waals surface area contributed by atoms with Crippen LogP contribution in [0.3, 0.4) is 0 Å². The zero-order valence-electron chi connectivity index (χ0n) is 25.0. The predicted octanol–water partition coefficient (Wildman–Crippen LogP) is 7.82. The summed E-state index contributed by atoms with van der Waals surface area (Å²) in [6, 6.07) is 10.5. The molecule has 4 N–H and O–H groups in total. The number of benzene rings is 2. The summed E-state index contributed by atoms with van der Waals surface area (Å²) in [5.41, 5.74) is 5.94. The van der Waals surface area contributed by atoms with Crippen molar-refractivity contribution in [3.05, 3.63) is 63.8 Å². The van der Waals surface area contributed by atoms with Crippen molar-refractivity contribution in [2.45, 2.75) is 77.9 Å². The fourth-order valence-corrected chi connectivity index (χ4v) is 5.51. The Balaban J connectivity index is 0.000000676. The largest absolute Gasteiger partial charge is 0.447 e. The third-order valence-corrected chi connectivity index (χ3v) is 7.37. The molecule has 4 rings (SSSR count). The van der Waals surface area contributed by atoms with Gasteiger partial charge in [-0.2, -0.15) is 0 Å². The van der Waals surface area contributed by atoms with Crippen molar-refractivity contribution in [3.63, 3.8) is 0 Å². The number of nitro groups is 1. The molecule has 13 nitrogen and oxygen atoms in total. The van der Waals surface area contributed by atoms with E-state index in [1.54, 1.807) is 63.4 Å². The van der Waals surface area contributed by atoms with Gasteiger partial charge in [0.25, 0.3) is 5.69 Å². The number of primary amides is 1. The van der Waals surface area contributed by atoms with Gasteiger partial charge in [-0.1, -0.05) is 25.3 Å². The number of carbonyl (C=O) groups is 3. The van der Waals surface area contributed by atoms with Crippen LogP contribution in [0.25, 0.3) is 10.4 Å². The number of nitro benzene ring substituents is 1. The molecule has 2 aromatic carbocycles. The second-order valence-electron chi connectivity index (χ2n) is 10.5. The summed E-state index contributed by atoms with van der Waals surface area (Å²) in [5, 5.41) is 17.5. The highest BCUT2D eigenvalue weighted by molar-refractivity contribution is 7.15. The van der Waals surface area contributed by atoms with Gasteiger partial charge in [-0.25, -0.2) is 19.4 Å². The van der Waals surface area contributed by atoms with Gasteiger partial charge in [0.15, 0.2) is 0 Å². The molecule has 3 aromatic rings. The number of hydrogen-bond acceptors (Lipinski definition) is 10. The van der Waals surface area contributed by atoms with Crippen LogP contribution in [-0.2, 0) is 9.47 Å². The number of amides is 3. The standard InChI is InChI=1S/C26H28N4O6S.C4H9NO2/c1-16(2)35-25(31)28-18-11-12-21(23-15-27-24(37-23)17-7-4-3-5-8-17)22(13-18)29-26(32)36-20-10-6-9-19(14-20)30(33)34;1-3(2)7-4(5)6/h6,9-17H,3-5,7-8H2,1-2H3,(H,28,31)(H,29,32);3H,1-2H3,(H2,5,6). The van der Waals surface area contributed by atoms with Crippen LogP contribution in [0.5, 0.6) is 5.75 Å². The topological polar surface area (TPSA) is 185 Å². The van der Waals surface area contributed by atoms with Crippen molar-refractivity contribution in [2.24, 2.45) is 5.73 Å². The van der Waals surface area contributed by atoms with Crippen LogP contribution in [0.15, 0.2) is 48.7 Å². The molecule has 0 spiro atoms. The van der Waals surface area contributed by atoms with Crippen LogP contribution < -0.4 is 21.1 Å². The fourth-order valence-electron chi connectivity index (χ4n) is 4.39. The number of aromatic nitrogens is 1. The average Bonchev–Trinajstić information content (AvgIpc) is 3.43. The summed E-state index contributed by atoms with van der Waals surface area (Å²) in [7, 11) is 0. The minimum Gasteiger partial charge on any atom is -0.447 e. The van der Waals surface area contributed by atoms with E-state index in [1.807, 2.05) is 0 Å². The lowest BCUT2D eigenvalue weighted by Gasteiger charge is -2.19. The van der Waals surface area contributed by atoms with Crippen molar-refractivity contribution < 1.29 is 33.5 Å². The number of non-ortho nitro benzene ring substituents is 1. The van der Waals surface area contributed by atoms with Crippen molar-refractivity contribution >= 4 is 46.7 Å². The Labute approximate surface area is 259 Å². The fraction of sp³-hybridized carbons (Fsp3) is 0.400. The lowest BCUT2D eigenvalue weighted by Crippen LogP contribution is -2.19. The number of nitrogens with one attached hydrogen (secondary N) is 2. The molecule has 1 heterocycles. The third kappa shape index (κ3) is 10.8. The molecule has 236 valence electrons. The van der Waals surface area contributed by atoms with Gasteiger partial charge >= 0.3 is 18.3 Å². The second-order valence-corrected chi connectivity index (χ2v) is 11.6. The van der Waals surface area contributed by atoms with E-state index in [0.717, 1.165) is 22.7 Å². The Hall–Kier alpha value is -4.72. The van der Waals surface area contributed by atoms with Gasteiger partial charge in [0, 0.05) is 29.4 Å². The number of carbonyl (C=O) groups excluding carboxylic acids is 3. The first kappa shape index (κ1) is 33.8. The SMILES string of the molecule is CC(C)OC(=O)Nc1ccc(-c2cnc(C3CCCCC3)s2)c(NC(=O)Oc2cccc([N+](=O)[O-])c2)c1.CC(C)OC(N)=O. The van der Waals surface area contributed by atoms with Gasteiger partial charge in [0.05, 0.1) is 38.8 Å². The molecule has 0 radical (unpaired) electrons. The molecular weight excluding hydrogens is 590 g/mol. The summed E-state index contributed by atoms with van der Waals surface area (Å²) >= 11 is 1.58. The number of nitrogens with two attached hydrogens (primary N) is 1. The molecule has 1 aromatic heterocycles. The summed E-state index contributed by atoms with van der Waals surface area (Å²) in [4.78, 5) is 50.7. The van der Waals surface area contributed by atoms with Gasteiger partial charge in [-0.3, -0.25) is 20.7 Å². The molecule has 1 fully saturated rings. The summed E-state index contributed by atoms with van der Waals surface area (Å²) in [6.07, 6.45) is 5.12. The van der Waals surface area contributed by atoms with Gasteiger partial charge in [0.2, 0.25) is 0 Å². The molecule has 0 saturated heterocycles. The maximum absolute atomic E-state index is 12.8. The van der Waals surface area contributed by atoms with Crippen LogP contribution in [0.2, 0.25) is 0 Å². The van der Waals surface area contributed by atoms with Crippen LogP contribution in [0.1, 0.15) is 70.7 Å². The molecule has 0 aliphatic heterocycles. The Morgan fingerprint density at radius 3 is 2.30 bits per heavy atom. The van der Waals surface area contributed by atoms with Crippen molar-refractivity contribution in [2.75, 3.05) is 10.6 Å². The van der Waals surface area contributed by atoms with Crippen molar-refractivity contribution in [1.82, 2.24) is 4.98 Å². The number of ether oxygens (including phenoxy) is 3. The Morgan fingerprint density at radius 2 is 1.68 bits per heavy atom. The minimum absolute atomic E-state index is 0.0282. The van der Waals surface area contributed by atoms with E-state index >= 15 is 0 Å². The normalized spacial score (nSPS) is 13.0. The monoisotopic (exact) mass is 627 g/mol. The van der Waals surface area contributed by atoms with E-state index in [0.29, 0.717) is 22.9 Å². The van der Waals surface area contributed by atoms with E-state index < -0.39 is 23.2 Å². The number of nitrogens with zero attached hydrogens (tertiary/aromatic N) is 2. The molecule has 3 amide bonds. The molecular formula is C30H37N5O8S. The first-order chi connectivity index (χ1) is 20.9. The highest BCUT2D eigenvalue weighted by Crippen LogP contribution is 2.40. The second kappa shape index (κ2) is 16.2. The van der Waals surface area contributed by atoms with Crippen LogP contribution in [0.4, 0.5) is 31.4 Å². The lowest BCUT2D eigenvalue weighted by atomic mass is 9.90. The third-order valence-electron chi connectivity index (χ3n) is 6.18. The van der Waals surface area contributed by atoms with E-state index in [9.17, 15) is 24.5 Å². The molecule has 14 heteroatoms. The molecule has 0 unspecified atom stereocenters. The number of rotatable bonds is 8. The van der Waals surface area contributed by atoms with Gasteiger partial charge in [-0.15, -0.1) is 11.3 Å². The predicted molar refractivity (Wildman–Crippen MR) is 167 cm³/mol. The molecule has 0 atom stereocenters. The van der Waals surface area contributed by atoms with E-state index in [2.05, 4.69) is 26.1 Å². The van der Waals surface area contributed by atoms with Crippen LogP contribution in [0, 0.1) is 10.1 Å². The first-order valence-corrected chi connectivity index (χ1v) is 15.0. The lowest BCUT2D eigenvalue weighted by molar-refractivity contribution is -0.384. The van der Waals surface area contributed by atoms with Crippen molar-refractivity contribution in [3.8, 4) is 16.2 Å². The van der Waals surface area contributed by atoms with E-state index in [-0.39, 0.29) is 23.6 Å². The Kier molecular flexibility index (Phi) is 12.4. The molecule has 44 heavy (non-hydrogen) atoms. The summed E-state index contributed by atoms with van der Waals surface area (Å²) in [6.45, 7) is 6.97. The maximum atomic E-state index is 12.8. The molecule has 1 saturated carbocycles. The summed E-state index contributed by atoms with van der Waals surface area (Å²) in [5.74, 6) is 0.468. The highest BCUT2D eigenvalue weighted by atomic mass is 32.1. The van der Waals surface area contributed by atoms with E-state index in [4.69, 9.17) is 9.47 Å². The average molecular weight is 628 g/mol. The molecule has 1 aliphatic rings. The molecule has 0 bridgehead atoms. The number of hydrogen-bond donors (Lipinski definition) is 3. The van der Waals surface area contributed by atoms with Crippen molar-refractivity contribution in [1.29, 1.82) is 0 Å². The van der Waals surface area contributed by atoms with Gasteiger partial charge in [0.1, 0.15) is 5.75 Å². The van der Waals surface area contributed by atoms with Gasteiger partial charge < -0.3 is 19.9 Å². The zero-order chi connectivity index (χ0) is 32.2. The highest BCUT2D eigenvalue weighted by Gasteiger charge is 2.21. The maximum Gasteiger partial charge on any atom is 0.417 e. The first-order valence-electron chi connectivity index (χ1n) is 14.2. The Bertz CT molecular complexity index is 1450. The van der Waals surface area contributed by atoms with E-state index in [1.165, 1.54) is 43.5 Å². The quantitative estimate of drug-likeness (QED) is 0.165.